The maximum atomic E-state index is 12.3. The van der Waals surface area contributed by atoms with Crippen LogP contribution in [0.1, 0.15) is 28.9 Å². The summed E-state index contributed by atoms with van der Waals surface area (Å²) in [5.41, 5.74) is 0.520. The topological polar surface area (TPSA) is 111 Å². The highest BCUT2D eigenvalue weighted by Gasteiger charge is 2.27. The highest BCUT2D eigenvalue weighted by molar-refractivity contribution is 5.99. The van der Waals surface area contributed by atoms with Crippen LogP contribution in [-0.2, 0) is 9.53 Å². The summed E-state index contributed by atoms with van der Waals surface area (Å²) in [5.74, 6) is -1.57. The molecule has 0 fully saturated rings. The summed E-state index contributed by atoms with van der Waals surface area (Å²) in [5, 5.41) is 15.6. The van der Waals surface area contributed by atoms with Crippen LogP contribution in [-0.4, -0.2) is 24.5 Å². The van der Waals surface area contributed by atoms with E-state index in [1.807, 2.05) is 0 Å². The Labute approximate surface area is 144 Å². The lowest BCUT2D eigenvalue weighted by molar-refractivity contribution is -0.605. The molecule has 3 amide bonds. The molecule has 130 valence electrons. The number of hydrogen-bond donors (Lipinski definition) is 2. The van der Waals surface area contributed by atoms with Crippen LogP contribution >= 0.6 is 0 Å². The van der Waals surface area contributed by atoms with Crippen molar-refractivity contribution in [2.75, 3.05) is 6.54 Å². The Bertz CT molecular complexity index is 747. The Kier molecular flexibility index (Phi) is 6.05. The van der Waals surface area contributed by atoms with Crippen LogP contribution < -0.4 is 15.4 Å². The van der Waals surface area contributed by atoms with Crippen molar-refractivity contribution in [3.63, 3.8) is 0 Å². The Morgan fingerprint density at radius 2 is 1.76 bits per heavy atom. The standard InChI is InChI=1S/C17H17N3O5/c1-2-18-17(23)19-15(21)14(12-6-4-3-5-7-12)25-16(22)13-8-10-20(24)11-9-13/h3-11,14H,2H2,1H3,(H2,18,19,21,23)/t14-/m1/s1. The summed E-state index contributed by atoms with van der Waals surface area (Å²) in [7, 11) is 0. The molecule has 25 heavy (non-hydrogen) atoms. The molecule has 1 heterocycles. The number of ether oxygens (including phenoxy) is 1. The first-order valence-corrected chi connectivity index (χ1v) is 7.54. The molecule has 1 atom stereocenters. The molecule has 2 rings (SSSR count). The van der Waals surface area contributed by atoms with Gasteiger partial charge < -0.3 is 15.3 Å². The highest BCUT2D eigenvalue weighted by atomic mass is 16.5. The second kappa shape index (κ2) is 8.44. The van der Waals surface area contributed by atoms with Crippen molar-refractivity contribution in [2.45, 2.75) is 13.0 Å². The molecular weight excluding hydrogens is 326 g/mol. The summed E-state index contributed by atoms with van der Waals surface area (Å²) in [6.07, 6.45) is 0.974. The molecule has 1 aromatic carbocycles. The van der Waals surface area contributed by atoms with Crippen LogP contribution in [0.25, 0.3) is 0 Å². The van der Waals surface area contributed by atoms with E-state index in [0.717, 1.165) is 12.4 Å². The number of carbonyl (C=O) groups is 3. The lowest BCUT2D eigenvalue weighted by atomic mass is 10.1. The monoisotopic (exact) mass is 343 g/mol. The molecule has 0 unspecified atom stereocenters. The zero-order valence-corrected chi connectivity index (χ0v) is 13.5. The zero-order valence-electron chi connectivity index (χ0n) is 13.5. The number of imide groups is 1. The second-order valence-corrected chi connectivity index (χ2v) is 4.99. The third-order valence-electron chi connectivity index (χ3n) is 3.18. The summed E-state index contributed by atoms with van der Waals surface area (Å²) < 4.78 is 5.78. The Hall–Kier alpha value is -3.42. The number of pyridine rings is 1. The van der Waals surface area contributed by atoms with Crippen LogP contribution in [0.3, 0.4) is 0 Å². The quantitative estimate of drug-likeness (QED) is 0.479. The molecule has 0 aliphatic rings. The summed E-state index contributed by atoms with van der Waals surface area (Å²) in [6.45, 7) is 2.05. The van der Waals surface area contributed by atoms with Crippen molar-refractivity contribution in [3.05, 3.63) is 71.2 Å². The molecule has 1 aromatic heterocycles. The van der Waals surface area contributed by atoms with Crippen molar-refractivity contribution >= 4 is 17.9 Å². The number of amides is 3. The average molecular weight is 343 g/mol. The Balaban J connectivity index is 2.20. The maximum Gasteiger partial charge on any atom is 0.339 e. The van der Waals surface area contributed by atoms with Crippen molar-refractivity contribution in [1.82, 2.24) is 10.6 Å². The zero-order chi connectivity index (χ0) is 18.2. The van der Waals surface area contributed by atoms with Gasteiger partial charge in [-0.2, -0.15) is 4.73 Å². The van der Waals surface area contributed by atoms with E-state index in [1.54, 1.807) is 37.3 Å². The minimum absolute atomic E-state index is 0.110. The van der Waals surface area contributed by atoms with Gasteiger partial charge in [-0.1, -0.05) is 30.3 Å². The van der Waals surface area contributed by atoms with Crippen LogP contribution in [0.15, 0.2) is 54.9 Å². The second-order valence-electron chi connectivity index (χ2n) is 4.99. The smallest absolute Gasteiger partial charge is 0.339 e. The van der Waals surface area contributed by atoms with Gasteiger partial charge in [0.1, 0.15) is 0 Å². The van der Waals surface area contributed by atoms with Crippen LogP contribution in [0, 0.1) is 5.21 Å². The molecule has 0 spiro atoms. The van der Waals surface area contributed by atoms with Gasteiger partial charge in [0.05, 0.1) is 5.56 Å². The normalized spacial score (nSPS) is 11.2. The number of esters is 1. The van der Waals surface area contributed by atoms with Crippen LogP contribution in [0.5, 0.6) is 0 Å². The molecule has 2 N–H and O–H groups in total. The Morgan fingerprint density at radius 3 is 2.36 bits per heavy atom. The maximum absolute atomic E-state index is 12.3. The lowest BCUT2D eigenvalue weighted by Gasteiger charge is -2.17. The SMILES string of the molecule is CCNC(=O)NC(=O)[C@H](OC(=O)c1cc[n+]([O-])cc1)c1ccccc1. The van der Waals surface area contributed by atoms with E-state index < -0.39 is 24.0 Å². The van der Waals surface area contributed by atoms with Crippen molar-refractivity contribution < 1.29 is 23.9 Å². The van der Waals surface area contributed by atoms with E-state index >= 15 is 0 Å². The van der Waals surface area contributed by atoms with Gasteiger partial charge in [0.25, 0.3) is 5.91 Å². The van der Waals surface area contributed by atoms with Gasteiger partial charge in [-0.25, -0.2) is 9.59 Å². The molecule has 0 saturated heterocycles. The first-order chi connectivity index (χ1) is 12.0. The summed E-state index contributed by atoms with van der Waals surface area (Å²) >= 11 is 0. The summed E-state index contributed by atoms with van der Waals surface area (Å²) in [6, 6.07) is 10.2. The number of urea groups is 1. The number of nitrogens with zero attached hydrogens (tertiary/aromatic N) is 1. The number of carbonyl (C=O) groups excluding carboxylic acids is 3. The molecule has 2 aromatic rings. The molecule has 0 aliphatic carbocycles. The first kappa shape index (κ1) is 17.9. The van der Waals surface area contributed by atoms with Gasteiger partial charge in [-0.05, 0) is 6.92 Å². The molecular formula is C17H17N3O5. The minimum Gasteiger partial charge on any atom is -0.619 e. The van der Waals surface area contributed by atoms with Gasteiger partial charge in [0.15, 0.2) is 12.4 Å². The fourth-order valence-electron chi connectivity index (χ4n) is 2.01. The fraction of sp³-hybridized carbons (Fsp3) is 0.176. The van der Waals surface area contributed by atoms with E-state index in [2.05, 4.69) is 10.6 Å². The molecule has 0 aliphatic heterocycles. The third-order valence-corrected chi connectivity index (χ3v) is 3.18. The van der Waals surface area contributed by atoms with Gasteiger partial charge in [-0.15, -0.1) is 0 Å². The predicted molar refractivity (Wildman–Crippen MR) is 87.2 cm³/mol. The molecule has 0 radical (unpaired) electrons. The van der Waals surface area contributed by atoms with Crippen molar-refractivity contribution in [2.24, 2.45) is 0 Å². The number of aromatic nitrogens is 1. The van der Waals surface area contributed by atoms with E-state index in [1.165, 1.54) is 12.1 Å². The summed E-state index contributed by atoms with van der Waals surface area (Å²) in [4.78, 5) is 36.1. The molecule has 8 nitrogen and oxygen atoms in total. The number of hydrogen-bond acceptors (Lipinski definition) is 5. The van der Waals surface area contributed by atoms with Crippen LogP contribution in [0.2, 0.25) is 0 Å². The van der Waals surface area contributed by atoms with Gasteiger partial charge in [-0.3, -0.25) is 10.1 Å². The van der Waals surface area contributed by atoms with E-state index in [4.69, 9.17) is 4.74 Å². The van der Waals surface area contributed by atoms with Gasteiger partial charge >= 0.3 is 12.0 Å². The highest BCUT2D eigenvalue weighted by Crippen LogP contribution is 2.19. The van der Waals surface area contributed by atoms with Gasteiger partial charge in [0.2, 0.25) is 6.10 Å². The van der Waals surface area contributed by atoms with Gasteiger partial charge in [0, 0.05) is 24.2 Å². The lowest BCUT2D eigenvalue weighted by Crippen LogP contribution is -2.42. The number of nitrogens with one attached hydrogen (secondary N) is 2. The Morgan fingerprint density at radius 1 is 1.12 bits per heavy atom. The largest absolute Gasteiger partial charge is 0.619 e. The first-order valence-electron chi connectivity index (χ1n) is 7.54. The van der Waals surface area contributed by atoms with Crippen molar-refractivity contribution in [1.29, 1.82) is 0 Å². The molecule has 8 heteroatoms. The predicted octanol–water partition coefficient (Wildman–Crippen LogP) is 1.06. The average Bonchev–Trinajstić information content (AvgIpc) is 2.61. The molecule has 0 saturated carbocycles. The fourth-order valence-corrected chi connectivity index (χ4v) is 2.01. The van der Waals surface area contributed by atoms with Crippen molar-refractivity contribution in [3.8, 4) is 0 Å². The minimum atomic E-state index is -1.31. The molecule has 0 bridgehead atoms. The van der Waals surface area contributed by atoms with E-state index in [0.29, 0.717) is 16.8 Å². The van der Waals surface area contributed by atoms with E-state index in [-0.39, 0.29) is 5.56 Å². The van der Waals surface area contributed by atoms with Crippen LogP contribution in [0.4, 0.5) is 4.79 Å². The van der Waals surface area contributed by atoms with E-state index in [9.17, 15) is 19.6 Å². The third kappa shape index (κ3) is 5.03. The number of rotatable bonds is 5. The number of benzene rings is 1.